The Morgan fingerprint density at radius 3 is 2.68 bits per heavy atom. The Morgan fingerprint density at radius 2 is 2.04 bits per heavy atom. The summed E-state index contributed by atoms with van der Waals surface area (Å²) in [6.45, 7) is 4.65. The number of nitrogens with zero attached hydrogens (tertiary/aromatic N) is 3. The first kappa shape index (κ1) is 16.2. The molecule has 0 N–H and O–H groups in total. The number of oxazole rings is 1. The number of aromatic nitrogens is 1. The number of rotatable bonds is 2. The molecule has 0 bridgehead atoms. The highest BCUT2D eigenvalue weighted by Gasteiger charge is 2.56. The maximum Gasteiger partial charge on any atom is 0.254 e. The number of aryl methyl sites for hydroxylation is 1. The van der Waals surface area contributed by atoms with Crippen LogP contribution in [0.2, 0.25) is 0 Å². The van der Waals surface area contributed by atoms with E-state index in [1.807, 2.05) is 14.0 Å². The molecule has 1 atom stereocenters. The zero-order chi connectivity index (χ0) is 17.8. The van der Waals surface area contributed by atoms with Gasteiger partial charge in [0.25, 0.3) is 5.91 Å². The van der Waals surface area contributed by atoms with Gasteiger partial charge in [0.1, 0.15) is 5.76 Å². The fourth-order valence-electron chi connectivity index (χ4n) is 4.08. The molecular formula is C18H19F2N3O2. The molecule has 0 radical (unpaired) electrons. The van der Waals surface area contributed by atoms with E-state index < -0.39 is 11.6 Å². The number of amides is 1. The van der Waals surface area contributed by atoms with Crippen molar-refractivity contribution in [3.63, 3.8) is 0 Å². The third-order valence-corrected chi connectivity index (χ3v) is 5.22. The maximum atomic E-state index is 13.4. The normalized spacial score (nSPS) is 22.4. The number of likely N-dealkylation sites (N-methyl/N-ethyl adjacent to an activating group) is 1. The number of halogens is 2. The van der Waals surface area contributed by atoms with Crippen LogP contribution in [0.25, 0.3) is 0 Å². The molecule has 132 valence electrons. The summed E-state index contributed by atoms with van der Waals surface area (Å²) in [6.07, 6.45) is 1.71. The van der Waals surface area contributed by atoms with Crippen LogP contribution in [0.4, 0.5) is 8.78 Å². The van der Waals surface area contributed by atoms with Crippen molar-refractivity contribution in [1.29, 1.82) is 0 Å². The van der Waals surface area contributed by atoms with Crippen LogP contribution in [0.1, 0.15) is 27.9 Å². The monoisotopic (exact) mass is 347 g/mol. The van der Waals surface area contributed by atoms with Gasteiger partial charge in [-0.3, -0.25) is 4.79 Å². The molecule has 2 aliphatic rings. The predicted octanol–water partition coefficient (Wildman–Crippen LogP) is 2.43. The van der Waals surface area contributed by atoms with Crippen molar-refractivity contribution < 1.29 is 18.0 Å². The summed E-state index contributed by atoms with van der Waals surface area (Å²) in [4.78, 5) is 20.8. The average molecular weight is 347 g/mol. The smallest absolute Gasteiger partial charge is 0.254 e. The third kappa shape index (κ3) is 2.63. The first-order valence-corrected chi connectivity index (χ1v) is 8.23. The highest BCUT2D eigenvalue weighted by Crippen LogP contribution is 2.48. The Hall–Kier alpha value is -2.28. The van der Waals surface area contributed by atoms with E-state index in [2.05, 4.69) is 9.88 Å². The van der Waals surface area contributed by atoms with Crippen molar-refractivity contribution in [2.45, 2.75) is 12.8 Å². The lowest BCUT2D eigenvalue weighted by atomic mass is 9.71. The predicted molar refractivity (Wildman–Crippen MR) is 86.2 cm³/mol. The molecular weight excluding hydrogens is 328 g/mol. The Morgan fingerprint density at radius 1 is 1.28 bits per heavy atom. The number of benzene rings is 1. The number of hydrogen-bond acceptors (Lipinski definition) is 4. The van der Waals surface area contributed by atoms with E-state index in [0.717, 1.165) is 31.0 Å². The fraction of sp³-hybridized carbons (Fsp3) is 0.444. The zero-order valence-corrected chi connectivity index (χ0v) is 14.1. The Labute approximate surface area is 144 Å². The molecule has 0 saturated carbocycles. The van der Waals surface area contributed by atoms with E-state index in [1.54, 1.807) is 11.1 Å². The first-order chi connectivity index (χ1) is 11.9. The molecule has 1 unspecified atom stereocenters. The minimum absolute atomic E-state index is 0.0969. The largest absolute Gasteiger partial charge is 0.446 e. The van der Waals surface area contributed by atoms with Gasteiger partial charge in [0.2, 0.25) is 0 Å². The fourth-order valence-corrected chi connectivity index (χ4v) is 4.08. The minimum Gasteiger partial charge on any atom is -0.446 e. The van der Waals surface area contributed by atoms with Crippen LogP contribution in [-0.4, -0.2) is 53.9 Å². The Bertz CT molecular complexity index is 829. The minimum atomic E-state index is -1.00. The summed E-state index contributed by atoms with van der Waals surface area (Å²) in [6, 6.07) is 3.26. The van der Waals surface area contributed by atoms with Crippen molar-refractivity contribution in [1.82, 2.24) is 14.8 Å². The SMILES string of the molecule is Cc1cnc(C2CN(C)CC23CN(C(=O)c2ccc(F)c(F)c2)C3)o1. The van der Waals surface area contributed by atoms with Gasteiger partial charge in [0.05, 0.1) is 12.1 Å². The lowest BCUT2D eigenvalue weighted by molar-refractivity contribution is 0.000471. The summed E-state index contributed by atoms with van der Waals surface area (Å²) in [5, 5.41) is 0. The van der Waals surface area contributed by atoms with Crippen LogP contribution in [0.5, 0.6) is 0 Å². The number of carbonyl (C=O) groups excluding carboxylic acids is 1. The van der Waals surface area contributed by atoms with E-state index >= 15 is 0 Å². The average Bonchev–Trinajstić information content (AvgIpc) is 3.11. The molecule has 1 spiro atoms. The van der Waals surface area contributed by atoms with Crippen LogP contribution >= 0.6 is 0 Å². The molecule has 25 heavy (non-hydrogen) atoms. The summed E-state index contributed by atoms with van der Waals surface area (Å²) >= 11 is 0. The van der Waals surface area contributed by atoms with Gasteiger partial charge in [-0.1, -0.05) is 0 Å². The van der Waals surface area contributed by atoms with Gasteiger partial charge in [-0.25, -0.2) is 13.8 Å². The Kier molecular flexibility index (Phi) is 3.64. The highest BCUT2D eigenvalue weighted by molar-refractivity contribution is 5.94. The number of likely N-dealkylation sites (tertiary alicyclic amines) is 2. The molecule has 3 heterocycles. The standard InChI is InChI=1S/C18H19F2N3O2/c1-11-6-21-16(25-11)13-7-22(2)8-18(13)9-23(10-18)17(24)12-3-4-14(19)15(20)5-12/h3-6,13H,7-10H2,1-2H3. The van der Waals surface area contributed by atoms with Crippen molar-refractivity contribution >= 4 is 5.91 Å². The third-order valence-electron chi connectivity index (χ3n) is 5.22. The second-order valence-electron chi connectivity index (χ2n) is 7.21. The summed E-state index contributed by atoms with van der Waals surface area (Å²) in [5.41, 5.74) is 0.0731. The van der Waals surface area contributed by atoms with Crippen LogP contribution in [0.3, 0.4) is 0 Å². The van der Waals surface area contributed by atoms with Crippen LogP contribution in [0, 0.1) is 24.0 Å². The number of hydrogen-bond donors (Lipinski definition) is 0. The molecule has 2 saturated heterocycles. The molecule has 1 aromatic carbocycles. The molecule has 2 aromatic rings. The van der Waals surface area contributed by atoms with Crippen molar-refractivity contribution in [3.8, 4) is 0 Å². The van der Waals surface area contributed by atoms with Gasteiger partial charge in [-0.15, -0.1) is 0 Å². The van der Waals surface area contributed by atoms with Gasteiger partial charge in [0, 0.05) is 37.2 Å². The quantitative estimate of drug-likeness (QED) is 0.837. The zero-order valence-electron chi connectivity index (χ0n) is 14.1. The molecule has 1 amide bonds. The first-order valence-electron chi connectivity index (χ1n) is 8.23. The highest BCUT2D eigenvalue weighted by atomic mass is 19.2. The van der Waals surface area contributed by atoms with E-state index in [9.17, 15) is 13.6 Å². The number of carbonyl (C=O) groups is 1. The van der Waals surface area contributed by atoms with Crippen LogP contribution in [-0.2, 0) is 0 Å². The van der Waals surface area contributed by atoms with E-state index in [0.29, 0.717) is 19.0 Å². The molecule has 2 aliphatic heterocycles. The van der Waals surface area contributed by atoms with E-state index in [1.165, 1.54) is 6.07 Å². The lowest BCUT2D eigenvalue weighted by Crippen LogP contribution is -2.61. The molecule has 5 nitrogen and oxygen atoms in total. The van der Waals surface area contributed by atoms with Crippen LogP contribution < -0.4 is 0 Å². The van der Waals surface area contributed by atoms with Gasteiger partial charge in [-0.05, 0) is 32.2 Å². The van der Waals surface area contributed by atoms with Crippen molar-refractivity contribution in [2.24, 2.45) is 5.41 Å². The van der Waals surface area contributed by atoms with Gasteiger partial charge in [0.15, 0.2) is 17.5 Å². The van der Waals surface area contributed by atoms with E-state index in [-0.39, 0.29) is 22.8 Å². The molecule has 2 fully saturated rings. The summed E-state index contributed by atoms with van der Waals surface area (Å²) in [7, 11) is 2.04. The topological polar surface area (TPSA) is 49.6 Å². The Balaban J connectivity index is 1.52. The second-order valence-corrected chi connectivity index (χ2v) is 7.21. The lowest BCUT2D eigenvalue weighted by Gasteiger charge is -2.50. The molecule has 0 aliphatic carbocycles. The van der Waals surface area contributed by atoms with E-state index in [4.69, 9.17) is 4.42 Å². The molecule has 1 aromatic heterocycles. The van der Waals surface area contributed by atoms with Crippen molar-refractivity contribution in [2.75, 3.05) is 33.2 Å². The summed E-state index contributed by atoms with van der Waals surface area (Å²) < 4.78 is 32.2. The van der Waals surface area contributed by atoms with Crippen LogP contribution in [0.15, 0.2) is 28.8 Å². The summed E-state index contributed by atoms with van der Waals surface area (Å²) in [5.74, 6) is -0.625. The van der Waals surface area contributed by atoms with Gasteiger partial charge in [-0.2, -0.15) is 0 Å². The maximum absolute atomic E-state index is 13.4. The van der Waals surface area contributed by atoms with Gasteiger partial charge >= 0.3 is 0 Å². The molecule has 4 rings (SSSR count). The van der Waals surface area contributed by atoms with Gasteiger partial charge < -0.3 is 14.2 Å². The molecule has 7 heteroatoms. The van der Waals surface area contributed by atoms with Crippen molar-refractivity contribution in [3.05, 3.63) is 53.2 Å². The second kappa shape index (κ2) is 5.62.